The first-order valence-corrected chi connectivity index (χ1v) is 10.7. The fourth-order valence-electron chi connectivity index (χ4n) is 3.05. The molecule has 1 atom stereocenters. The van der Waals surface area contributed by atoms with E-state index in [-0.39, 0.29) is 31.0 Å². The molecule has 0 saturated carbocycles. The molecule has 1 N–H and O–H groups in total. The highest BCUT2D eigenvalue weighted by atomic mass is 35.5. The molecular formula is C23H28Cl2N2O3. The molecule has 0 heterocycles. The number of carbonyl (C=O) groups is 2. The summed E-state index contributed by atoms with van der Waals surface area (Å²) in [4.78, 5) is 27.4. The largest absolute Gasteiger partial charge is 0.484 e. The van der Waals surface area contributed by atoms with Crippen molar-refractivity contribution in [1.29, 1.82) is 0 Å². The Labute approximate surface area is 188 Å². The lowest BCUT2D eigenvalue weighted by atomic mass is 10.1. The number of hydrogen-bond donors (Lipinski definition) is 1. The molecule has 0 bridgehead atoms. The molecule has 2 aromatic rings. The first-order valence-electron chi connectivity index (χ1n) is 9.95. The zero-order valence-corrected chi connectivity index (χ0v) is 19.3. The van der Waals surface area contributed by atoms with Crippen LogP contribution in [0.3, 0.4) is 0 Å². The van der Waals surface area contributed by atoms with E-state index in [1.54, 1.807) is 24.3 Å². The molecule has 162 valence electrons. The highest BCUT2D eigenvalue weighted by Crippen LogP contribution is 2.22. The Bertz CT molecular complexity index is 887. The minimum absolute atomic E-state index is 0.0305. The van der Waals surface area contributed by atoms with E-state index in [0.717, 1.165) is 11.1 Å². The Balaban J connectivity index is 2.23. The Morgan fingerprint density at radius 2 is 1.80 bits per heavy atom. The predicted molar refractivity (Wildman–Crippen MR) is 121 cm³/mol. The number of halogens is 2. The van der Waals surface area contributed by atoms with Gasteiger partial charge in [0.2, 0.25) is 5.91 Å². The fourth-order valence-corrected chi connectivity index (χ4v) is 3.36. The lowest BCUT2D eigenvalue weighted by Gasteiger charge is -2.31. The lowest BCUT2D eigenvalue weighted by molar-refractivity contribution is -0.143. The molecule has 0 radical (unpaired) electrons. The van der Waals surface area contributed by atoms with Crippen LogP contribution in [0.1, 0.15) is 38.3 Å². The molecular weight excluding hydrogens is 423 g/mol. The standard InChI is InChI=1S/C23H28Cl2N2O3/c1-5-21(23(29)26-15(2)3)27(13-17-8-6-7-9-20(17)25)22(28)14-30-18-10-11-19(24)16(4)12-18/h6-12,15,21H,5,13-14H2,1-4H3,(H,26,29)/t21-/m0/s1. The van der Waals surface area contributed by atoms with Gasteiger partial charge in [0.1, 0.15) is 11.8 Å². The third kappa shape index (κ3) is 6.64. The summed E-state index contributed by atoms with van der Waals surface area (Å²) in [5.74, 6) is 0.0474. The predicted octanol–water partition coefficient (Wildman–Crippen LogP) is 5.01. The second-order valence-corrected chi connectivity index (χ2v) is 8.21. The number of hydrogen-bond acceptors (Lipinski definition) is 3. The molecule has 2 amide bonds. The Kier molecular flexibility index (Phi) is 9.00. The number of amides is 2. The van der Waals surface area contributed by atoms with E-state index in [9.17, 15) is 9.59 Å². The molecule has 0 aliphatic carbocycles. The lowest BCUT2D eigenvalue weighted by Crippen LogP contribution is -2.51. The summed E-state index contributed by atoms with van der Waals surface area (Å²) in [6, 6.07) is 11.8. The SMILES string of the molecule is CC[C@@H](C(=O)NC(C)C)N(Cc1ccccc1Cl)C(=O)COc1ccc(Cl)c(C)c1. The van der Waals surface area contributed by atoms with Crippen molar-refractivity contribution in [3.05, 3.63) is 63.6 Å². The van der Waals surface area contributed by atoms with E-state index in [1.165, 1.54) is 4.90 Å². The van der Waals surface area contributed by atoms with Crippen LogP contribution >= 0.6 is 23.2 Å². The Morgan fingerprint density at radius 3 is 2.40 bits per heavy atom. The van der Waals surface area contributed by atoms with E-state index in [1.807, 2.05) is 45.9 Å². The number of carbonyl (C=O) groups excluding carboxylic acids is 2. The van der Waals surface area contributed by atoms with E-state index in [4.69, 9.17) is 27.9 Å². The van der Waals surface area contributed by atoms with E-state index in [0.29, 0.717) is 22.2 Å². The van der Waals surface area contributed by atoms with Crippen LogP contribution in [0.4, 0.5) is 0 Å². The first kappa shape index (κ1) is 24.0. The van der Waals surface area contributed by atoms with Crippen molar-refractivity contribution in [2.75, 3.05) is 6.61 Å². The number of benzene rings is 2. The number of nitrogens with zero attached hydrogens (tertiary/aromatic N) is 1. The van der Waals surface area contributed by atoms with Gasteiger partial charge in [-0.15, -0.1) is 0 Å². The molecule has 7 heteroatoms. The van der Waals surface area contributed by atoms with Crippen LogP contribution in [0.2, 0.25) is 10.0 Å². The van der Waals surface area contributed by atoms with Gasteiger partial charge < -0.3 is 15.0 Å². The molecule has 0 fully saturated rings. The van der Waals surface area contributed by atoms with Crippen LogP contribution < -0.4 is 10.1 Å². The topological polar surface area (TPSA) is 58.6 Å². The van der Waals surface area contributed by atoms with Crippen molar-refractivity contribution >= 4 is 35.0 Å². The van der Waals surface area contributed by atoms with Gasteiger partial charge in [0.05, 0.1) is 0 Å². The summed E-state index contributed by atoms with van der Waals surface area (Å²) in [6.07, 6.45) is 0.467. The molecule has 2 aromatic carbocycles. The molecule has 0 saturated heterocycles. The van der Waals surface area contributed by atoms with Crippen LogP contribution in [-0.2, 0) is 16.1 Å². The van der Waals surface area contributed by atoms with Gasteiger partial charge in [-0.25, -0.2) is 0 Å². The zero-order chi connectivity index (χ0) is 22.3. The third-order valence-corrected chi connectivity index (χ3v) is 5.40. The van der Waals surface area contributed by atoms with Crippen LogP contribution in [0.15, 0.2) is 42.5 Å². The van der Waals surface area contributed by atoms with Gasteiger partial charge in [0, 0.05) is 22.6 Å². The normalized spacial score (nSPS) is 11.8. The molecule has 0 spiro atoms. The van der Waals surface area contributed by atoms with E-state index >= 15 is 0 Å². The minimum atomic E-state index is -0.633. The maximum absolute atomic E-state index is 13.1. The maximum atomic E-state index is 13.1. The van der Waals surface area contributed by atoms with Gasteiger partial charge in [0.15, 0.2) is 6.61 Å². The second-order valence-electron chi connectivity index (χ2n) is 7.40. The molecule has 0 aromatic heterocycles. The quantitative estimate of drug-likeness (QED) is 0.583. The first-order chi connectivity index (χ1) is 14.2. The summed E-state index contributed by atoms with van der Waals surface area (Å²) in [6.45, 7) is 7.53. The highest BCUT2D eigenvalue weighted by Gasteiger charge is 2.29. The van der Waals surface area contributed by atoms with Gasteiger partial charge in [0.25, 0.3) is 5.91 Å². The summed E-state index contributed by atoms with van der Waals surface area (Å²) in [5.41, 5.74) is 1.63. The molecule has 0 aliphatic rings. The van der Waals surface area contributed by atoms with Crippen molar-refractivity contribution in [2.24, 2.45) is 0 Å². The number of aryl methyl sites for hydroxylation is 1. The fraction of sp³-hybridized carbons (Fsp3) is 0.391. The number of nitrogens with one attached hydrogen (secondary N) is 1. The van der Waals surface area contributed by atoms with Crippen LogP contribution in [0.25, 0.3) is 0 Å². The molecule has 0 unspecified atom stereocenters. The smallest absolute Gasteiger partial charge is 0.261 e. The zero-order valence-electron chi connectivity index (χ0n) is 17.7. The average Bonchev–Trinajstić information content (AvgIpc) is 2.69. The molecule has 0 aliphatic heterocycles. The summed E-state index contributed by atoms with van der Waals surface area (Å²) < 4.78 is 5.69. The van der Waals surface area contributed by atoms with Gasteiger partial charge in [-0.1, -0.05) is 48.3 Å². The van der Waals surface area contributed by atoms with Crippen molar-refractivity contribution in [3.63, 3.8) is 0 Å². The van der Waals surface area contributed by atoms with Crippen molar-refractivity contribution in [3.8, 4) is 5.75 Å². The molecule has 2 rings (SSSR count). The second kappa shape index (κ2) is 11.2. The van der Waals surface area contributed by atoms with Crippen molar-refractivity contribution < 1.29 is 14.3 Å². The summed E-state index contributed by atoms with van der Waals surface area (Å²) >= 11 is 12.4. The van der Waals surface area contributed by atoms with Crippen LogP contribution in [0, 0.1) is 6.92 Å². The third-order valence-electron chi connectivity index (χ3n) is 4.61. The van der Waals surface area contributed by atoms with Gasteiger partial charge in [-0.05, 0) is 62.6 Å². The highest BCUT2D eigenvalue weighted by molar-refractivity contribution is 6.31. The molecule has 30 heavy (non-hydrogen) atoms. The maximum Gasteiger partial charge on any atom is 0.261 e. The van der Waals surface area contributed by atoms with Gasteiger partial charge in [-0.3, -0.25) is 9.59 Å². The van der Waals surface area contributed by atoms with Crippen molar-refractivity contribution in [1.82, 2.24) is 10.2 Å². The van der Waals surface area contributed by atoms with E-state index in [2.05, 4.69) is 5.32 Å². The van der Waals surface area contributed by atoms with Gasteiger partial charge >= 0.3 is 0 Å². The average molecular weight is 451 g/mol. The monoisotopic (exact) mass is 450 g/mol. The minimum Gasteiger partial charge on any atom is -0.484 e. The Hall–Kier alpha value is -2.24. The van der Waals surface area contributed by atoms with Crippen molar-refractivity contribution in [2.45, 2.75) is 52.7 Å². The van der Waals surface area contributed by atoms with Gasteiger partial charge in [-0.2, -0.15) is 0 Å². The van der Waals surface area contributed by atoms with Crippen LogP contribution in [0.5, 0.6) is 5.75 Å². The summed E-state index contributed by atoms with van der Waals surface area (Å²) in [5, 5.41) is 4.07. The number of rotatable bonds is 9. The Morgan fingerprint density at radius 1 is 1.10 bits per heavy atom. The summed E-state index contributed by atoms with van der Waals surface area (Å²) in [7, 11) is 0. The van der Waals surface area contributed by atoms with Crippen LogP contribution in [-0.4, -0.2) is 35.4 Å². The molecule has 5 nitrogen and oxygen atoms in total. The van der Waals surface area contributed by atoms with E-state index < -0.39 is 6.04 Å². The number of ether oxygens (including phenoxy) is 1.